The van der Waals surface area contributed by atoms with Crippen molar-refractivity contribution in [1.82, 2.24) is 0 Å². The highest BCUT2D eigenvalue weighted by Gasteiger charge is 2.71. The van der Waals surface area contributed by atoms with Gasteiger partial charge in [-0.3, -0.25) is 4.79 Å². The van der Waals surface area contributed by atoms with Gasteiger partial charge in [-0.05, 0) is 74.7 Å². The van der Waals surface area contributed by atoms with E-state index in [0.29, 0.717) is 45.1 Å². The zero-order chi connectivity index (χ0) is 23.6. The second-order valence-electron chi connectivity index (χ2n) is 11.3. The summed E-state index contributed by atoms with van der Waals surface area (Å²) in [5.41, 5.74) is -2.26. The number of carbonyl (C=O) groups excluding carboxylic acids is 2. The van der Waals surface area contributed by atoms with Crippen LogP contribution in [0.3, 0.4) is 0 Å². The Morgan fingerprint density at radius 3 is 2.58 bits per heavy atom. The van der Waals surface area contributed by atoms with Crippen LogP contribution in [0.2, 0.25) is 0 Å². The van der Waals surface area contributed by atoms with Crippen LogP contribution in [0.15, 0.2) is 16.8 Å². The van der Waals surface area contributed by atoms with E-state index in [1.165, 1.54) is 13.1 Å². The van der Waals surface area contributed by atoms with Crippen molar-refractivity contribution in [3.8, 4) is 0 Å². The van der Waals surface area contributed by atoms with E-state index in [4.69, 9.17) is 9.47 Å². The van der Waals surface area contributed by atoms with Crippen molar-refractivity contribution in [3.63, 3.8) is 0 Å². The molecule has 1 aliphatic heterocycles. The van der Waals surface area contributed by atoms with E-state index in [-0.39, 0.29) is 41.2 Å². The molecule has 0 saturated heterocycles. The Morgan fingerprint density at radius 2 is 1.91 bits per heavy atom. The maximum atomic E-state index is 12.3. The average Bonchev–Trinajstić information content (AvgIpc) is 3.28. The molecule has 4 saturated carbocycles. The predicted molar refractivity (Wildman–Crippen MR) is 117 cm³/mol. The summed E-state index contributed by atoms with van der Waals surface area (Å²) in [4.78, 5) is 23.3. The van der Waals surface area contributed by atoms with E-state index in [2.05, 4.69) is 12.1 Å². The summed E-state index contributed by atoms with van der Waals surface area (Å²) in [6.07, 6.45) is 8.28. The van der Waals surface area contributed by atoms with E-state index in [9.17, 15) is 25.0 Å². The molecule has 0 bridgehead atoms. The predicted octanol–water partition coefficient (Wildman–Crippen LogP) is 2.73. The number of hydrogen-bond acceptors (Lipinski definition) is 8. The smallest absolute Gasteiger partial charge is 0.331 e. The molecule has 4 fully saturated rings. The van der Waals surface area contributed by atoms with Crippen molar-refractivity contribution < 1.29 is 34.5 Å². The Balaban J connectivity index is 1.48. The van der Waals surface area contributed by atoms with E-state index in [0.717, 1.165) is 24.8 Å². The Morgan fingerprint density at radius 1 is 1.15 bits per heavy atom. The van der Waals surface area contributed by atoms with Crippen molar-refractivity contribution >= 4 is 18.2 Å². The van der Waals surface area contributed by atoms with E-state index < -0.39 is 16.6 Å². The number of fused-ring (bicyclic) bond motifs is 5. The van der Waals surface area contributed by atoms with Gasteiger partial charge in [0.05, 0.1) is 17.4 Å². The van der Waals surface area contributed by atoms with Crippen molar-refractivity contribution in [2.75, 3.05) is 6.61 Å². The first-order valence-electron chi connectivity index (χ1n) is 12.3. The van der Waals surface area contributed by atoms with E-state index in [1.807, 2.05) is 0 Å². The Kier molecular flexibility index (Phi) is 5.22. The molecule has 5 aliphatic rings. The molecule has 8 heteroatoms. The number of aliphatic hydroxyl groups is 2. The molecule has 33 heavy (non-hydrogen) atoms. The van der Waals surface area contributed by atoms with Crippen LogP contribution in [0, 0.1) is 28.6 Å². The molecule has 8 atom stereocenters. The summed E-state index contributed by atoms with van der Waals surface area (Å²) < 4.78 is 10.6. The molecule has 3 N–H and O–H groups in total. The molecule has 5 rings (SSSR count). The number of nitrogens with zero attached hydrogens (tertiary/aromatic N) is 1. The lowest BCUT2D eigenvalue weighted by molar-refractivity contribution is -0.239. The molecule has 0 radical (unpaired) electrons. The number of cyclic esters (lactones) is 1. The first-order valence-corrected chi connectivity index (χ1v) is 12.3. The van der Waals surface area contributed by atoms with Gasteiger partial charge in [0, 0.05) is 30.3 Å². The maximum absolute atomic E-state index is 12.3. The normalized spacial score (nSPS) is 49.1. The Hall–Kier alpha value is -1.93. The molecule has 0 unspecified atom stereocenters. The molecular formula is C25H35NO7. The summed E-state index contributed by atoms with van der Waals surface area (Å²) >= 11 is 0. The van der Waals surface area contributed by atoms with Crippen LogP contribution in [0.25, 0.3) is 0 Å². The van der Waals surface area contributed by atoms with E-state index >= 15 is 0 Å². The fourth-order valence-electron chi connectivity index (χ4n) is 8.78. The van der Waals surface area contributed by atoms with Crippen molar-refractivity contribution in [2.24, 2.45) is 33.7 Å². The van der Waals surface area contributed by atoms with Crippen LogP contribution in [-0.4, -0.2) is 57.5 Å². The van der Waals surface area contributed by atoms with Gasteiger partial charge in [0.2, 0.25) is 0 Å². The lowest BCUT2D eigenvalue weighted by Crippen LogP contribution is -2.69. The van der Waals surface area contributed by atoms with Crippen molar-refractivity contribution in [1.29, 1.82) is 0 Å². The van der Waals surface area contributed by atoms with Gasteiger partial charge in [0.15, 0.2) is 0 Å². The van der Waals surface area contributed by atoms with Gasteiger partial charge in [-0.1, -0.05) is 6.92 Å². The van der Waals surface area contributed by atoms with Gasteiger partial charge in [-0.25, -0.2) is 4.79 Å². The molecule has 182 valence electrons. The first kappa shape index (κ1) is 22.8. The van der Waals surface area contributed by atoms with Gasteiger partial charge in [-0.2, -0.15) is 0 Å². The molecule has 8 nitrogen and oxygen atoms in total. The second kappa shape index (κ2) is 7.54. The summed E-state index contributed by atoms with van der Waals surface area (Å²) in [6, 6.07) is 0. The maximum Gasteiger partial charge on any atom is 0.331 e. The summed E-state index contributed by atoms with van der Waals surface area (Å²) in [6.45, 7) is 3.84. The van der Waals surface area contributed by atoms with Gasteiger partial charge in [0.25, 0.3) is 0 Å². The van der Waals surface area contributed by atoms with Gasteiger partial charge < -0.3 is 24.9 Å². The third kappa shape index (κ3) is 3.05. The zero-order valence-corrected chi connectivity index (χ0v) is 19.5. The number of esters is 2. The highest BCUT2D eigenvalue weighted by molar-refractivity contribution is 5.85. The first-order chi connectivity index (χ1) is 15.6. The van der Waals surface area contributed by atoms with Crippen LogP contribution in [-0.2, 0) is 19.1 Å². The van der Waals surface area contributed by atoms with E-state index in [1.54, 1.807) is 6.08 Å². The standard InChI is InChI=1S/C25H35NO7/c1-15(27)33-17-3-8-23(14-26-31)19-4-7-22(2)18(16-11-21(28)32-13-16)6-10-25(22,30)20(19)5-9-24(23,29)12-17/h11,14,17-20,29-31H,3-10,12-13H2,1-2H3/b26-14-/t17-,18+,19-,20+,22+,23-,24-,25-/m0/s1. The van der Waals surface area contributed by atoms with Crippen molar-refractivity contribution in [2.45, 2.75) is 88.9 Å². The molecule has 4 aliphatic carbocycles. The Bertz CT molecular complexity index is 916. The molecule has 0 aromatic heterocycles. The number of oxime groups is 1. The Labute approximate surface area is 194 Å². The molecule has 1 heterocycles. The minimum atomic E-state index is -1.16. The minimum absolute atomic E-state index is 0.0438. The third-order valence-electron chi connectivity index (χ3n) is 10.2. The molecular weight excluding hydrogens is 426 g/mol. The highest BCUT2D eigenvalue weighted by Crippen LogP contribution is 2.70. The summed E-state index contributed by atoms with van der Waals surface area (Å²) in [5, 5.41) is 37.2. The van der Waals surface area contributed by atoms with Crippen LogP contribution < -0.4 is 0 Å². The fraction of sp³-hybridized carbons (Fsp3) is 0.800. The topological polar surface area (TPSA) is 126 Å². The zero-order valence-electron chi connectivity index (χ0n) is 19.5. The summed E-state index contributed by atoms with van der Waals surface area (Å²) in [5.74, 6) is -0.661. The van der Waals surface area contributed by atoms with Gasteiger partial charge in [-0.15, -0.1) is 5.16 Å². The number of ether oxygens (including phenoxy) is 2. The highest BCUT2D eigenvalue weighted by atomic mass is 16.5. The minimum Gasteiger partial charge on any atom is -0.462 e. The quantitative estimate of drug-likeness (QED) is 0.255. The molecule has 0 aromatic carbocycles. The van der Waals surface area contributed by atoms with Crippen LogP contribution in [0.5, 0.6) is 0 Å². The lowest BCUT2D eigenvalue weighted by atomic mass is 9.41. The van der Waals surface area contributed by atoms with Gasteiger partial charge in [0.1, 0.15) is 12.7 Å². The average molecular weight is 462 g/mol. The monoisotopic (exact) mass is 461 g/mol. The largest absolute Gasteiger partial charge is 0.462 e. The molecule has 0 amide bonds. The number of rotatable bonds is 3. The van der Waals surface area contributed by atoms with Gasteiger partial charge >= 0.3 is 11.9 Å². The second-order valence-corrected chi connectivity index (χ2v) is 11.3. The van der Waals surface area contributed by atoms with Crippen LogP contribution >= 0.6 is 0 Å². The van der Waals surface area contributed by atoms with Crippen LogP contribution in [0.1, 0.15) is 71.6 Å². The van der Waals surface area contributed by atoms with Crippen molar-refractivity contribution in [3.05, 3.63) is 11.6 Å². The van der Waals surface area contributed by atoms with Crippen LogP contribution in [0.4, 0.5) is 0 Å². The molecule has 0 aromatic rings. The number of carbonyl (C=O) groups is 2. The summed E-state index contributed by atoms with van der Waals surface area (Å²) in [7, 11) is 0. The fourth-order valence-corrected chi connectivity index (χ4v) is 8.78. The SMILES string of the molecule is CC(=O)O[C@H]1CC[C@]2(/C=N\O)[C@H]3CC[C@]4(C)[C@@H](C5=CC(=O)OC5)CC[C@]4(O)[C@@H]3CC[C@]2(O)C1. The molecule has 0 spiro atoms. The number of hydrogen-bond donors (Lipinski definition) is 3. The lowest BCUT2D eigenvalue weighted by Gasteiger charge is -2.65. The third-order valence-corrected chi connectivity index (χ3v) is 10.2.